The Bertz CT molecular complexity index is 652. The summed E-state index contributed by atoms with van der Waals surface area (Å²) in [5, 5.41) is 9.20. The van der Waals surface area contributed by atoms with Gasteiger partial charge in [0.05, 0.1) is 11.6 Å². The van der Waals surface area contributed by atoms with E-state index < -0.39 is 17.5 Å². The van der Waals surface area contributed by atoms with Crippen LogP contribution in [0, 0.1) is 24.1 Å². The molecule has 2 aromatic rings. The van der Waals surface area contributed by atoms with E-state index in [9.17, 15) is 9.18 Å². The van der Waals surface area contributed by atoms with Gasteiger partial charge in [-0.15, -0.1) is 0 Å². The lowest BCUT2D eigenvalue weighted by Crippen LogP contribution is -2.12. The second kappa shape index (κ2) is 5.25. The summed E-state index contributed by atoms with van der Waals surface area (Å²) >= 11 is 5.87. The number of Topliss-reactive ketones (excluding diaryl/α,β-unsaturated/α-hetero) is 1. The van der Waals surface area contributed by atoms with Crippen molar-refractivity contribution in [2.75, 3.05) is 0 Å². The molecule has 0 fully saturated rings. The molecule has 0 bridgehead atoms. The topological polar surface area (TPSA) is 54.0 Å². The van der Waals surface area contributed by atoms with Crippen molar-refractivity contribution in [2.24, 2.45) is 0 Å². The Kier molecular flexibility index (Phi) is 3.68. The number of halogens is 2. The molecule has 0 N–H and O–H groups in total. The molecule has 0 saturated heterocycles. The standard InChI is InChI=1S/C14H9ClFNO2/c1-8-5-9(7-19-8)14(18)10(6-17)13-11(15)3-2-4-12(13)16/h2-5,7,10H,1H3. The third-order valence-corrected chi connectivity index (χ3v) is 3.02. The number of benzene rings is 1. The second-order valence-corrected chi connectivity index (χ2v) is 4.41. The van der Waals surface area contributed by atoms with Crippen LogP contribution in [0.2, 0.25) is 5.02 Å². The first-order valence-electron chi connectivity index (χ1n) is 5.47. The van der Waals surface area contributed by atoms with E-state index >= 15 is 0 Å². The summed E-state index contributed by atoms with van der Waals surface area (Å²) in [7, 11) is 0. The highest BCUT2D eigenvalue weighted by Gasteiger charge is 2.27. The molecule has 3 nitrogen and oxygen atoms in total. The molecule has 1 atom stereocenters. The highest BCUT2D eigenvalue weighted by molar-refractivity contribution is 6.31. The van der Waals surface area contributed by atoms with Crippen molar-refractivity contribution in [3.63, 3.8) is 0 Å². The molecule has 1 aromatic carbocycles. The molecule has 0 spiro atoms. The maximum absolute atomic E-state index is 13.8. The lowest BCUT2D eigenvalue weighted by Gasteiger charge is -2.10. The average Bonchev–Trinajstić information content (AvgIpc) is 2.80. The van der Waals surface area contributed by atoms with E-state index in [1.54, 1.807) is 13.0 Å². The quantitative estimate of drug-likeness (QED) is 0.800. The summed E-state index contributed by atoms with van der Waals surface area (Å²) in [6.07, 6.45) is 1.25. The molecular formula is C14H9ClFNO2. The number of carbonyl (C=O) groups is 1. The van der Waals surface area contributed by atoms with Gasteiger partial charge >= 0.3 is 0 Å². The Hall–Kier alpha value is -2.12. The van der Waals surface area contributed by atoms with Gasteiger partial charge in [0.15, 0.2) is 5.78 Å². The molecule has 1 aromatic heterocycles. The number of rotatable bonds is 3. The van der Waals surface area contributed by atoms with Crippen LogP contribution in [0.4, 0.5) is 4.39 Å². The lowest BCUT2D eigenvalue weighted by atomic mass is 9.92. The summed E-state index contributed by atoms with van der Waals surface area (Å²) in [4.78, 5) is 12.2. The minimum atomic E-state index is -1.29. The van der Waals surface area contributed by atoms with Gasteiger partial charge in [-0.3, -0.25) is 4.79 Å². The minimum absolute atomic E-state index is 0.0557. The number of carbonyl (C=O) groups excluding carboxylic acids is 1. The molecule has 2 rings (SSSR count). The number of furan rings is 1. The number of nitrogens with zero attached hydrogens (tertiary/aromatic N) is 1. The molecule has 5 heteroatoms. The van der Waals surface area contributed by atoms with E-state index in [1.807, 2.05) is 0 Å². The molecule has 0 radical (unpaired) electrons. The maximum atomic E-state index is 13.8. The van der Waals surface area contributed by atoms with Gasteiger partial charge in [-0.2, -0.15) is 5.26 Å². The summed E-state index contributed by atoms with van der Waals surface area (Å²) < 4.78 is 18.8. The van der Waals surface area contributed by atoms with E-state index in [2.05, 4.69) is 0 Å². The summed E-state index contributed by atoms with van der Waals surface area (Å²) in [5.41, 5.74) is 0.124. The third-order valence-electron chi connectivity index (χ3n) is 2.69. The summed E-state index contributed by atoms with van der Waals surface area (Å²) in [6, 6.07) is 7.32. The fourth-order valence-corrected chi connectivity index (χ4v) is 2.05. The Morgan fingerprint density at radius 2 is 2.26 bits per heavy atom. The van der Waals surface area contributed by atoms with E-state index in [0.717, 1.165) is 0 Å². The number of hydrogen-bond acceptors (Lipinski definition) is 3. The fraction of sp³-hybridized carbons (Fsp3) is 0.143. The monoisotopic (exact) mass is 277 g/mol. The first-order chi connectivity index (χ1) is 9.04. The van der Waals surface area contributed by atoms with Crippen LogP contribution < -0.4 is 0 Å². The number of aryl methyl sites for hydroxylation is 1. The third kappa shape index (κ3) is 2.51. The zero-order valence-electron chi connectivity index (χ0n) is 9.98. The predicted molar refractivity (Wildman–Crippen MR) is 67.5 cm³/mol. The van der Waals surface area contributed by atoms with E-state index in [4.69, 9.17) is 21.3 Å². The van der Waals surface area contributed by atoms with Gasteiger partial charge < -0.3 is 4.42 Å². The highest BCUT2D eigenvalue weighted by Crippen LogP contribution is 2.30. The van der Waals surface area contributed by atoms with Crippen LogP contribution in [0.25, 0.3) is 0 Å². The summed E-state index contributed by atoms with van der Waals surface area (Å²) in [5.74, 6) is -1.95. The number of nitriles is 1. The van der Waals surface area contributed by atoms with Crippen molar-refractivity contribution in [1.82, 2.24) is 0 Å². The molecule has 1 heterocycles. The Morgan fingerprint density at radius 1 is 1.53 bits per heavy atom. The van der Waals surface area contributed by atoms with Crippen LogP contribution >= 0.6 is 11.6 Å². The smallest absolute Gasteiger partial charge is 0.187 e. The maximum Gasteiger partial charge on any atom is 0.187 e. The van der Waals surface area contributed by atoms with E-state index in [1.165, 1.54) is 30.5 Å². The van der Waals surface area contributed by atoms with Crippen LogP contribution in [0.3, 0.4) is 0 Å². The Labute approximate surface area is 114 Å². The molecule has 0 saturated carbocycles. The van der Waals surface area contributed by atoms with Gasteiger partial charge in [-0.05, 0) is 25.1 Å². The Balaban J connectivity index is 2.47. The van der Waals surface area contributed by atoms with Crippen molar-refractivity contribution in [1.29, 1.82) is 5.26 Å². The fourth-order valence-electron chi connectivity index (χ4n) is 1.78. The van der Waals surface area contributed by atoms with Crippen LogP contribution in [0.5, 0.6) is 0 Å². The normalized spacial score (nSPS) is 11.9. The van der Waals surface area contributed by atoms with Crippen molar-refractivity contribution >= 4 is 17.4 Å². The zero-order valence-corrected chi connectivity index (χ0v) is 10.7. The average molecular weight is 278 g/mol. The molecule has 0 amide bonds. The van der Waals surface area contributed by atoms with Gasteiger partial charge in [0.25, 0.3) is 0 Å². The highest BCUT2D eigenvalue weighted by atomic mass is 35.5. The van der Waals surface area contributed by atoms with Crippen molar-refractivity contribution < 1.29 is 13.6 Å². The van der Waals surface area contributed by atoms with Gasteiger partial charge in [-0.25, -0.2) is 4.39 Å². The minimum Gasteiger partial charge on any atom is -0.469 e. The van der Waals surface area contributed by atoms with Crippen LogP contribution in [0.1, 0.15) is 27.6 Å². The molecule has 0 aliphatic carbocycles. The van der Waals surface area contributed by atoms with Crippen molar-refractivity contribution in [2.45, 2.75) is 12.8 Å². The largest absolute Gasteiger partial charge is 0.469 e. The predicted octanol–water partition coefficient (Wildman–Crippen LogP) is 3.87. The van der Waals surface area contributed by atoms with Gasteiger partial charge in [-0.1, -0.05) is 17.7 Å². The van der Waals surface area contributed by atoms with Crippen molar-refractivity contribution in [3.05, 3.63) is 58.3 Å². The summed E-state index contributed by atoms with van der Waals surface area (Å²) in [6.45, 7) is 1.67. The zero-order chi connectivity index (χ0) is 14.0. The van der Waals surface area contributed by atoms with Crippen LogP contribution in [-0.4, -0.2) is 5.78 Å². The first-order valence-corrected chi connectivity index (χ1v) is 5.85. The van der Waals surface area contributed by atoms with Gasteiger partial charge in [0.1, 0.15) is 23.8 Å². The van der Waals surface area contributed by atoms with E-state index in [-0.39, 0.29) is 16.1 Å². The molecular weight excluding hydrogens is 269 g/mol. The molecule has 1 unspecified atom stereocenters. The van der Waals surface area contributed by atoms with Crippen LogP contribution in [0.15, 0.2) is 34.9 Å². The lowest BCUT2D eigenvalue weighted by molar-refractivity contribution is 0.0977. The SMILES string of the molecule is Cc1cc(C(=O)C(C#N)c2c(F)cccc2Cl)co1. The van der Waals surface area contributed by atoms with Crippen LogP contribution in [-0.2, 0) is 0 Å². The second-order valence-electron chi connectivity index (χ2n) is 4.01. The number of ketones is 1. The Morgan fingerprint density at radius 3 is 2.79 bits per heavy atom. The van der Waals surface area contributed by atoms with Gasteiger partial charge in [0, 0.05) is 10.6 Å². The molecule has 96 valence electrons. The van der Waals surface area contributed by atoms with E-state index in [0.29, 0.717) is 5.76 Å². The first kappa shape index (κ1) is 13.3. The van der Waals surface area contributed by atoms with Gasteiger partial charge in [0.2, 0.25) is 0 Å². The molecule has 19 heavy (non-hydrogen) atoms. The van der Waals surface area contributed by atoms with Crippen molar-refractivity contribution in [3.8, 4) is 6.07 Å². The molecule has 0 aliphatic heterocycles. The number of hydrogen-bond donors (Lipinski definition) is 0. The molecule has 0 aliphatic rings.